The molecule has 0 radical (unpaired) electrons. The molecule has 0 spiro atoms. The molecule has 1 atom stereocenters. The molecule has 1 nitrogen and oxygen atoms in total. The summed E-state index contributed by atoms with van der Waals surface area (Å²) in [6, 6.07) is 21.2. The quantitative estimate of drug-likeness (QED) is 0.630. The number of nitrogens with one attached hydrogen (secondary N) is 1. The van der Waals surface area contributed by atoms with Gasteiger partial charge in [-0.1, -0.05) is 60.4 Å². The second-order valence-corrected chi connectivity index (χ2v) is 4.81. The number of rotatable bonds is 5. The van der Waals surface area contributed by atoms with Crippen LogP contribution in [0.1, 0.15) is 36.4 Å². The average molecular weight is 263 g/mol. The lowest BCUT2D eigenvalue weighted by Crippen LogP contribution is -2.15. The highest BCUT2D eigenvalue weighted by molar-refractivity contribution is 5.33. The summed E-state index contributed by atoms with van der Waals surface area (Å²) in [7, 11) is 2.02. The Morgan fingerprint density at radius 3 is 2.25 bits per heavy atom. The zero-order chi connectivity index (χ0) is 14.0. The van der Waals surface area contributed by atoms with Crippen molar-refractivity contribution in [2.24, 2.45) is 0 Å². The zero-order valence-corrected chi connectivity index (χ0v) is 12.0. The van der Waals surface area contributed by atoms with E-state index in [1.807, 2.05) is 37.4 Å². The minimum atomic E-state index is 0.426. The fourth-order valence-electron chi connectivity index (χ4n) is 2.24. The second-order valence-electron chi connectivity index (χ2n) is 4.81. The molecular weight excluding hydrogens is 242 g/mol. The van der Waals surface area contributed by atoms with Gasteiger partial charge in [-0.05, 0) is 37.6 Å². The van der Waals surface area contributed by atoms with E-state index in [0.717, 1.165) is 24.8 Å². The predicted molar refractivity (Wildman–Crippen MR) is 85.4 cm³/mol. The van der Waals surface area contributed by atoms with Crippen molar-refractivity contribution >= 4 is 0 Å². The molecule has 0 amide bonds. The standard InChI is InChI=1S/C19H21N/c1-20-19(18-14-8-4-9-15-18)16-10-3-7-13-17-11-5-2-6-12-17/h2,4-6,8-9,11-12,14-15,19-20H,3,10,16H2,1H3. The van der Waals surface area contributed by atoms with E-state index in [1.165, 1.54) is 5.56 Å². The van der Waals surface area contributed by atoms with Crippen molar-refractivity contribution in [2.75, 3.05) is 7.05 Å². The van der Waals surface area contributed by atoms with Crippen molar-refractivity contribution in [3.8, 4) is 11.8 Å². The minimum Gasteiger partial charge on any atom is -0.313 e. The topological polar surface area (TPSA) is 12.0 Å². The van der Waals surface area contributed by atoms with Gasteiger partial charge in [0.2, 0.25) is 0 Å². The first-order chi connectivity index (χ1) is 9.90. The Balaban J connectivity index is 1.79. The first-order valence-corrected chi connectivity index (χ1v) is 7.16. The van der Waals surface area contributed by atoms with E-state index in [1.54, 1.807) is 0 Å². The van der Waals surface area contributed by atoms with Gasteiger partial charge in [0.05, 0.1) is 0 Å². The first-order valence-electron chi connectivity index (χ1n) is 7.16. The van der Waals surface area contributed by atoms with Crippen LogP contribution in [0.5, 0.6) is 0 Å². The Labute approximate surface area is 122 Å². The van der Waals surface area contributed by atoms with Crippen LogP contribution in [0.25, 0.3) is 0 Å². The molecule has 0 aromatic heterocycles. The summed E-state index contributed by atoms with van der Waals surface area (Å²) in [6.07, 6.45) is 3.17. The molecule has 20 heavy (non-hydrogen) atoms. The molecular formula is C19H21N. The number of hydrogen-bond donors (Lipinski definition) is 1. The van der Waals surface area contributed by atoms with Gasteiger partial charge < -0.3 is 5.32 Å². The molecule has 0 aliphatic heterocycles. The molecule has 0 saturated heterocycles. The van der Waals surface area contributed by atoms with Gasteiger partial charge in [0, 0.05) is 18.0 Å². The third-order valence-corrected chi connectivity index (χ3v) is 3.35. The maximum atomic E-state index is 3.38. The Morgan fingerprint density at radius 2 is 1.60 bits per heavy atom. The molecule has 2 rings (SSSR count). The first kappa shape index (κ1) is 14.4. The lowest BCUT2D eigenvalue weighted by Gasteiger charge is -2.15. The van der Waals surface area contributed by atoms with Gasteiger partial charge in [-0.3, -0.25) is 0 Å². The van der Waals surface area contributed by atoms with Crippen LogP contribution in [-0.2, 0) is 0 Å². The van der Waals surface area contributed by atoms with Crippen LogP contribution in [0.15, 0.2) is 60.7 Å². The van der Waals surface area contributed by atoms with Crippen molar-refractivity contribution in [2.45, 2.75) is 25.3 Å². The molecule has 102 valence electrons. The third-order valence-electron chi connectivity index (χ3n) is 3.35. The molecule has 0 heterocycles. The monoisotopic (exact) mass is 263 g/mol. The molecule has 2 aromatic carbocycles. The predicted octanol–water partition coefficient (Wildman–Crippen LogP) is 4.17. The Kier molecular flexibility index (Phi) is 5.89. The maximum absolute atomic E-state index is 3.38. The highest BCUT2D eigenvalue weighted by Crippen LogP contribution is 2.18. The summed E-state index contributed by atoms with van der Waals surface area (Å²) in [5.74, 6) is 6.46. The number of benzene rings is 2. The summed E-state index contributed by atoms with van der Waals surface area (Å²) < 4.78 is 0. The van der Waals surface area contributed by atoms with Crippen LogP contribution < -0.4 is 5.32 Å². The van der Waals surface area contributed by atoms with Crippen molar-refractivity contribution in [3.05, 3.63) is 71.8 Å². The van der Waals surface area contributed by atoms with Gasteiger partial charge in [0.1, 0.15) is 0 Å². The van der Waals surface area contributed by atoms with Crippen molar-refractivity contribution in [1.82, 2.24) is 5.32 Å². The molecule has 0 fully saturated rings. The van der Waals surface area contributed by atoms with E-state index >= 15 is 0 Å². The molecule has 0 bridgehead atoms. The molecule has 0 aliphatic carbocycles. The van der Waals surface area contributed by atoms with Gasteiger partial charge in [0.25, 0.3) is 0 Å². The fraction of sp³-hybridized carbons (Fsp3) is 0.263. The second kappa shape index (κ2) is 8.19. The Bertz CT molecular complexity index is 549. The Hall–Kier alpha value is -2.04. The molecule has 0 aliphatic rings. The summed E-state index contributed by atoms with van der Waals surface area (Å²) in [5.41, 5.74) is 2.45. The van der Waals surface area contributed by atoms with E-state index < -0.39 is 0 Å². The van der Waals surface area contributed by atoms with Crippen LogP contribution in [-0.4, -0.2) is 7.05 Å². The SMILES string of the molecule is CNC(CCCC#Cc1ccccc1)c1ccccc1. The van der Waals surface area contributed by atoms with E-state index in [-0.39, 0.29) is 0 Å². The Morgan fingerprint density at radius 1 is 0.950 bits per heavy atom. The van der Waals surface area contributed by atoms with Gasteiger partial charge in [-0.2, -0.15) is 0 Å². The summed E-state index contributed by atoms with van der Waals surface area (Å²) >= 11 is 0. The van der Waals surface area contributed by atoms with Crippen LogP contribution in [0.3, 0.4) is 0 Å². The smallest absolute Gasteiger partial charge is 0.0317 e. The highest BCUT2D eigenvalue weighted by Gasteiger charge is 2.06. The largest absolute Gasteiger partial charge is 0.313 e. The van der Waals surface area contributed by atoms with Crippen molar-refractivity contribution < 1.29 is 0 Å². The fourth-order valence-corrected chi connectivity index (χ4v) is 2.24. The van der Waals surface area contributed by atoms with Crippen molar-refractivity contribution in [3.63, 3.8) is 0 Å². The molecule has 1 unspecified atom stereocenters. The molecule has 2 aromatic rings. The number of unbranched alkanes of at least 4 members (excludes halogenated alkanes) is 1. The van der Waals surface area contributed by atoms with E-state index in [2.05, 4.69) is 47.5 Å². The van der Waals surface area contributed by atoms with Crippen molar-refractivity contribution in [1.29, 1.82) is 0 Å². The van der Waals surface area contributed by atoms with Gasteiger partial charge in [-0.25, -0.2) is 0 Å². The summed E-state index contributed by atoms with van der Waals surface area (Å²) in [6.45, 7) is 0. The van der Waals surface area contributed by atoms with E-state index in [4.69, 9.17) is 0 Å². The number of hydrogen-bond acceptors (Lipinski definition) is 1. The van der Waals surface area contributed by atoms with Crippen LogP contribution in [0.4, 0.5) is 0 Å². The average Bonchev–Trinajstić information content (AvgIpc) is 2.53. The van der Waals surface area contributed by atoms with Gasteiger partial charge in [-0.15, -0.1) is 0 Å². The third kappa shape index (κ3) is 4.57. The van der Waals surface area contributed by atoms with E-state index in [0.29, 0.717) is 6.04 Å². The zero-order valence-electron chi connectivity index (χ0n) is 12.0. The van der Waals surface area contributed by atoms with Gasteiger partial charge in [0.15, 0.2) is 0 Å². The van der Waals surface area contributed by atoms with Gasteiger partial charge >= 0.3 is 0 Å². The lowest BCUT2D eigenvalue weighted by molar-refractivity contribution is 0.532. The van der Waals surface area contributed by atoms with Crippen LogP contribution >= 0.6 is 0 Å². The summed E-state index contributed by atoms with van der Waals surface area (Å²) in [4.78, 5) is 0. The molecule has 1 heteroatoms. The molecule has 1 N–H and O–H groups in total. The van der Waals surface area contributed by atoms with Crippen LogP contribution in [0, 0.1) is 11.8 Å². The van der Waals surface area contributed by atoms with E-state index in [9.17, 15) is 0 Å². The molecule has 0 saturated carbocycles. The lowest BCUT2D eigenvalue weighted by atomic mass is 10.0. The van der Waals surface area contributed by atoms with Crippen LogP contribution in [0.2, 0.25) is 0 Å². The minimum absolute atomic E-state index is 0.426. The maximum Gasteiger partial charge on any atom is 0.0317 e. The summed E-state index contributed by atoms with van der Waals surface area (Å²) in [5, 5.41) is 3.38. The highest BCUT2D eigenvalue weighted by atomic mass is 14.9. The normalized spacial score (nSPS) is 11.4.